The van der Waals surface area contributed by atoms with Crippen LogP contribution in [-0.4, -0.2) is 135 Å². The molecule has 1 rings (SSSR count). The standard InChI is InChI=1S/C20H34N4O10/c1-19(2,3)34-18(33)21-5-4-20(24(10-16(29)30)11-17(31)32)12-22(8-14(25)26)6-7-23(13-20)9-15(27)28/h4-13H2,1-3H3,(H,21,33)(H,25,26)(H,27,28)(H,29,30)(H,31,32). The number of hydrogen-bond donors (Lipinski definition) is 5. The molecule has 14 nitrogen and oxygen atoms in total. The molecule has 1 aliphatic rings. The van der Waals surface area contributed by atoms with Gasteiger partial charge in [-0.3, -0.25) is 33.9 Å². The number of carboxylic acids is 4. The Labute approximate surface area is 197 Å². The van der Waals surface area contributed by atoms with Crippen LogP contribution in [0.5, 0.6) is 0 Å². The van der Waals surface area contributed by atoms with E-state index in [4.69, 9.17) is 4.74 Å². The fraction of sp³-hybridized carbons (Fsp3) is 0.750. The Morgan fingerprint density at radius 1 is 0.853 bits per heavy atom. The maximum Gasteiger partial charge on any atom is 0.407 e. The highest BCUT2D eigenvalue weighted by Crippen LogP contribution is 2.26. The number of hydrogen-bond acceptors (Lipinski definition) is 9. The Morgan fingerprint density at radius 2 is 1.29 bits per heavy atom. The van der Waals surface area contributed by atoms with Crippen molar-refractivity contribution in [2.24, 2.45) is 0 Å². The monoisotopic (exact) mass is 490 g/mol. The molecule has 0 unspecified atom stereocenters. The summed E-state index contributed by atoms with van der Waals surface area (Å²) in [7, 11) is 0. The highest BCUT2D eigenvalue weighted by atomic mass is 16.6. The van der Waals surface area contributed by atoms with Gasteiger partial charge in [-0.2, -0.15) is 0 Å². The number of carbonyl (C=O) groups is 5. The molecule has 1 heterocycles. The van der Waals surface area contributed by atoms with E-state index in [1.165, 1.54) is 14.7 Å². The molecule has 14 heteroatoms. The van der Waals surface area contributed by atoms with E-state index in [1.807, 2.05) is 0 Å². The summed E-state index contributed by atoms with van der Waals surface area (Å²) in [6.07, 6.45) is -0.719. The van der Waals surface area contributed by atoms with Gasteiger partial charge in [-0.25, -0.2) is 4.79 Å². The largest absolute Gasteiger partial charge is 0.480 e. The van der Waals surface area contributed by atoms with Crippen molar-refractivity contribution in [3.8, 4) is 0 Å². The molecule has 194 valence electrons. The second-order valence-electron chi connectivity index (χ2n) is 9.26. The van der Waals surface area contributed by atoms with E-state index in [9.17, 15) is 44.4 Å². The number of carboxylic acid groups (broad SMARTS) is 4. The van der Waals surface area contributed by atoms with E-state index in [0.717, 1.165) is 0 Å². The Morgan fingerprint density at radius 3 is 1.65 bits per heavy atom. The lowest BCUT2D eigenvalue weighted by Gasteiger charge is -2.45. The van der Waals surface area contributed by atoms with Crippen LogP contribution >= 0.6 is 0 Å². The summed E-state index contributed by atoms with van der Waals surface area (Å²) >= 11 is 0. The molecule has 0 aromatic rings. The molecule has 0 atom stereocenters. The molecule has 5 N–H and O–H groups in total. The van der Waals surface area contributed by atoms with Crippen LogP contribution in [0.25, 0.3) is 0 Å². The average molecular weight is 491 g/mol. The normalized spacial score (nSPS) is 17.1. The van der Waals surface area contributed by atoms with Crippen LogP contribution in [0.1, 0.15) is 27.2 Å². The van der Waals surface area contributed by atoms with Gasteiger partial charge < -0.3 is 30.5 Å². The van der Waals surface area contributed by atoms with E-state index in [0.29, 0.717) is 0 Å². The van der Waals surface area contributed by atoms with Gasteiger partial charge >= 0.3 is 30.0 Å². The zero-order chi connectivity index (χ0) is 26.1. The molecule has 0 aromatic carbocycles. The molecule has 0 aromatic heterocycles. The fourth-order valence-electron chi connectivity index (χ4n) is 3.92. The van der Waals surface area contributed by atoms with Crippen LogP contribution in [0.3, 0.4) is 0 Å². The maximum atomic E-state index is 12.1. The molecule has 0 aliphatic carbocycles. The van der Waals surface area contributed by atoms with Gasteiger partial charge in [-0.05, 0) is 27.2 Å². The molecule has 0 bridgehead atoms. The number of aliphatic carboxylic acids is 4. The van der Waals surface area contributed by atoms with Gasteiger partial charge in [-0.15, -0.1) is 0 Å². The van der Waals surface area contributed by atoms with Crippen molar-refractivity contribution in [1.29, 1.82) is 0 Å². The first-order chi connectivity index (χ1) is 15.6. The molecular formula is C20H34N4O10. The average Bonchev–Trinajstić information content (AvgIpc) is 2.78. The Hall–Kier alpha value is -2.97. The minimum Gasteiger partial charge on any atom is -0.480 e. The maximum absolute atomic E-state index is 12.1. The summed E-state index contributed by atoms with van der Waals surface area (Å²) in [5.41, 5.74) is -2.06. The number of rotatable bonds is 12. The quantitative estimate of drug-likeness (QED) is 0.221. The minimum absolute atomic E-state index is 0.0129. The highest BCUT2D eigenvalue weighted by Gasteiger charge is 2.43. The van der Waals surface area contributed by atoms with E-state index >= 15 is 0 Å². The Balaban J connectivity index is 3.34. The summed E-state index contributed by atoms with van der Waals surface area (Å²) < 4.78 is 5.19. The zero-order valence-electron chi connectivity index (χ0n) is 19.7. The van der Waals surface area contributed by atoms with Crippen LogP contribution in [0, 0.1) is 0 Å². The first kappa shape index (κ1) is 29.1. The van der Waals surface area contributed by atoms with Crippen molar-refractivity contribution in [2.45, 2.75) is 38.3 Å². The van der Waals surface area contributed by atoms with Crippen LogP contribution in [0.4, 0.5) is 4.79 Å². The predicted octanol–water partition coefficient (Wildman–Crippen LogP) is -1.10. The van der Waals surface area contributed by atoms with Crippen molar-refractivity contribution in [2.75, 3.05) is 58.9 Å². The number of nitrogens with one attached hydrogen (secondary N) is 1. The smallest absolute Gasteiger partial charge is 0.407 e. The van der Waals surface area contributed by atoms with Crippen LogP contribution < -0.4 is 5.32 Å². The third-order valence-electron chi connectivity index (χ3n) is 5.07. The third kappa shape index (κ3) is 10.8. The summed E-state index contributed by atoms with van der Waals surface area (Å²) in [6, 6.07) is 0. The Kier molecular flexibility index (Phi) is 10.7. The number of ether oxygens (including phenoxy) is 1. The highest BCUT2D eigenvalue weighted by molar-refractivity contribution is 5.73. The van der Waals surface area contributed by atoms with Gasteiger partial charge in [0.2, 0.25) is 0 Å². The number of nitrogens with zero attached hydrogens (tertiary/aromatic N) is 3. The van der Waals surface area contributed by atoms with Crippen molar-refractivity contribution in [1.82, 2.24) is 20.0 Å². The summed E-state index contributed by atoms with van der Waals surface area (Å²) in [6.45, 7) is 3.05. The van der Waals surface area contributed by atoms with Gasteiger partial charge in [0.25, 0.3) is 0 Å². The first-order valence-electron chi connectivity index (χ1n) is 10.7. The van der Waals surface area contributed by atoms with Gasteiger partial charge in [0, 0.05) is 38.3 Å². The molecule has 1 fully saturated rings. The van der Waals surface area contributed by atoms with E-state index in [-0.39, 0.29) is 39.1 Å². The number of amides is 1. The van der Waals surface area contributed by atoms with Crippen molar-refractivity contribution in [3.05, 3.63) is 0 Å². The van der Waals surface area contributed by atoms with Gasteiger partial charge in [0.1, 0.15) is 5.60 Å². The lowest BCUT2D eigenvalue weighted by atomic mass is 9.90. The summed E-state index contributed by atoms with van der Waals surface area (Å²) in [4.78, 5) is 62.2. The lowest BCUT2D eigenvalue weighted by Crippen LogP contribution is -2.63. The van der Waals surface area contributed by atoms with Gasteiger partial charge in [-0.1, -0.05) is 0 Å². The van der Waals surface area contributed by atoms with Gasteiger partial charge in [0.05, 0.1) is 26.2 Å². The van der Waals surface area contributed by atoms with E-state index in [2.05, 4.69) is 5.32 Å². The number of alkyl carbamates (subject to hydrolysis) is 1. The lowest BCUT2D eigenvalue weighted by molar-refractivity contribution is -0.148. The molecule has 1 amide bonds. The van der Waals surface area contributed by atoms with Crippen LogP contribution in [0.15, 0.2) is 0 Å². The number of carbonyl (C=O) groups excluding carboxylic acids is 1. The third-order valence-corrected chi connectivity index (χ3v) is 5.07. The van der Waals surface area contributed by atoms with E-state index < -0.39 is 67.3 Å². The SMILES string of the molecule is CC(C)(C)OC(=O)NCCC1(N(CC(=O)O)CC(=O)O)CN(CC(=O)O)CCN(CC(=O)O)C1. The molecule has 1 saturated heterocycles. The summed E-state index contributed by atoms with van der Waals surface area (Å²) in [5.74, 6) is -4.90. The van der Waals surface area contributed by atoms with Crippen LogP contribution in [0.2, 0.25) is 0 Å². The Bertz CT molecular complexity index is 725. The fourth-order valence-corrected chi connectivity index (χ4v) is 3.92. The van der Waals surface area contributed by atoms with Crippen molar-refractivity contribution >= 4 is 30.0 Å². The van der Waals surface area contributed by atoms with Crippen molar-refractivity contribution in [3.63, 3.8) is 0 Å². The summed E-state index contributed by atoms with van der Waals surface area (Å²) in [5, 5.41) is 40.0. The van der Waals surface area contributed by atoms with Gasteiger partial charge in [0.15, 0.2) is 0 Å². The van der Waals surface area contributed by atoms with Crippen LogP contribution in [-0.2, 0) is 23.9 Å². The topological polar surface area (TPSA) is 197 Å². The predicted molar refractivity (Wildman–Crippen MR) is 117 cm³/mol. The first-order valence-corrected chi connectivity index (χ1v) is 10.7. The molecular weight excluding hydrogens is 456 g/mol. The molecule has 0 radical (unpaired) electrons. The molecule has 34 heavy (non-hydrogen) atoms. The minimum atomic E-state index is -1.31. The second kappa shape index (κ2) is 12.5. The van der Waals surface area contributed by atoms with Crippen molar-refractivity contribution < 1.29 is 49.1 Å². The molecule has 1 aliphatic heterocycles. The molecule has 0 spiro atoms. The van der Waals surface area contributed by atoms with E-state index in [1.54, 1.807) is 20.8 Å². The zero-order valence-corrected chi connectivity index (χ0v) is 19.7. The second-order valence-corrected chi connectivity index (χ2v) is 9.26. The molecule has 0 saturated carbocycles.